The van der Waals surface area contributed by atoms with Gasteiger partial charge in [0.15, 0.2) is 0 Å². The Kier molecular flexibility index (Phi) is 10.8. The van der Waals surface area contributed by atoms with E-state index in [0.29, 0.717) is 12.6 Å². The summed E-state index contributed by atoms with van der Waals surface area (Å²) < 4.78 is 0. The van der Waals surface area contributed by atoms with E-state index in [4.69, 9.17) is 5.73 Å². The Balaban J connectivity index is 0.00000312. The van der Waals surface area contributed by atoms with E-state index in [1.807, 2.05) is 26.8 Å². The molecular formula is C20H35Cl2N3O. The van der Waals surface area contributed by atoms with Crippen LogP contribution in [0.15, 0.2) is 24.3 Å². The van der Waals surface area contributed by atoms with Crippen LogP contribution in [0.25, 0.3) is 0 Å². The van der Waals surface area contributed by atoms with Crippen LogP contribution < -0.4 is 11.1 Å². The lowest BCUT2D eigenvalue weighted by molar-refractivity contribution is -0.124. The van der Waals surface area contributed by atoms with Crippen molar-refractivity contribution in [3.63, 3.8) is 0 Å². The number of hydrogen-bond acceptors (Lipinski definition) is 3. The van der Waals surface area contributed by atoms with E-state index in [9.17, 15) is 4.79 Å². The Morgan fingerprint density at radius 1 is 1.23 bits per heavy atom. The van der Waals surface area contributed by atoms with Crippen molar-refractivity contribution in [3.05, 3.63) is 35.4 Å². The third kappa shape index (κ3) is 7.07. The zero-order chi connectivity index (χ0) is 17.7. The van der Waals surface area contributed by atoms with E-state index in [1.165, 1.54) is 30.4 Å². The van der Waals surface area contributed by atoms with Crippen LogP contribution in [-0.2, 0) is 17.9 Å². The maximum atomic E-state index is 12.3. The maximum absolute atomic E-state index is 12.3. The number of piperidine rings is 1. The Hall–Kier alpha value is -0.810. The van der Waals surface area contributed by atoms with Gasteiger partial charge in [0.1, 0.15) is 0 Å². The Bertz CT molecular complexity index is 560. The van der Waals surface area contributed by atoms with E-state index < -0.39 is 6.04 Å². The first-order chi connectivity index (χ1) is 11.3. The summed E-state index contributed by atoms with van der Waals surface area (Å²) in [6, 6.07) is 8.53. The number of halogens is 2. The average Bonchev–Trinajstić information content (AvgIpc) is 2.54. The highest BCUT2D eigenvalue weighted by Gasteiger charge is 2.27. The van der Waals surface area contributed by atoms with Gasteiger partial charge in [0.05, 0.1) is 6.04 Å². The highest BCUT2D eigenvalue weighted by atomic mass is 35.5. The van der Waals surface area contributed by atoms with Gasteiger partial charge in [0, 0.05) is 19.1 Å². The second-order valence-electron chi connectivity index (χ2n) is 8.15. The molecule has 1 unspecified atom stereocenters. The molecule has 0 spiro atoms. The lowest BCUT2D eigenvalue weighted by Crippen LogP contribution is -2.48. The number of hydrogen-bond donors (Lipinski definition) is 2. The predicted molar refractivity (Wildman–Crippen MR) is 114 cm³/mol. The second-order valence-corrected chi connectivity index (χ2v) is 8.15. The molecule has 1 aliphatic rings. The normalized spacial score (nSPS) is 19.0. The van der Waals surface area contributed by atoms with Crippen molar-refractivity contribution < 1.29 is 4.79 Å². The molecule has 0 bridgehead atoms. The zero-order valence-corrected chi connectivity index (χ0v) is 18.1. The van der Waals surface area contributed by atoms with Gasteiger partial charge < -0.3 is 11.1 Å². The molecule has 3 N–H and O–H groups in total. The lowest BCUT2D eigenvalue weighted by Gasteiger charge is -2.34. The van der Waals surface area contributed by atoms with Crippen molar-refractivity contribution in [2.75, 3.05) is 6.54 Å². The summed E-state index contributed by atoms with van der Waals surface area (Å²) in [4.78, 5) is 14.8. The van der Waals surface area contributed by atoms with Crippen molar-refractivity contribution >= 4 is 30.7 Å². The fourth-order valence-corrected chi connectivity index (χ4v) is 3.18. The fourth-order valence-electron chi connectivity index (χ4n) is 3.18. The molecule has 2 atom stereocenters. The summed E-state index contributed by atoms with van der Waals surface area (Å²) in [6.45, 7) is 10.9. The van der Waals surface area contributed by atoms with Crippen molar-refractivity contribution in [1.29, 1.82) is 0 Å². The summed E-state index contributed by atoms with van der Waals surface area (Å²) in [5.41, 5.74) is 8.30. The van der Waals surface area contributed by atoms with Crippen molar-refractivity contribution in [2.24, 2.45) is 11.1 Å². The molecule has 6 heteroatoms. The molecule has 1 amide bonds. The van der Waals surface area contributed by atoms with E-state index in [0.717, 1.165) is 13.1 Å². The first-order valence-electron chi connectivity index (χ1n) is 9.13. The summed E-state index contributed by atoms with van der Waals surface area (Å²) in [5.74, 6) is -0.0800. The molecule has 0 aromatic heterocycles. The number of benzene rings is 1. The van der Waals surface area contributed by atoms with Gasteiger partial charge in [0.25, 0.3) is 0 Å². The van der Waals surface area contributed by atoms with Crippen LogP contribution in [0, 0.1) is 5.41 Å². The summed E-state index contributed by atoms with van der Waals surface area (Å²) >= 11 is 0. The summed E-state index contributed by atoms with van der Waals surface area (Å²) in [6.07, 6.45) is 3.89. The minimum atomic E-state index is -0.494. The van der Waals surface area contributed by atoms with Crippen LogP contribution in [0.4, 0.5) is 0 Å². The van der Waals surface area contributed by atoms with Crippen LogP contribution in [0.1, 0.15) is 58.1 Å². The molecule has 1 saturated heterocycles. The largest absolute Gasteiger partial charge is 0.351 e. The monoisotopic (exact) mass is 403 g/mol. The van der Waals surface area contributed by atoms with Crippen LogP contribution in [-0.4, -0.2) is 29.4 Å². The van der Waals surface area contributed by atoms with Gasteiger partial charge >= 0.3 is 0 Å². The molecule has 1 aromatic rings. The van der Waals surface area contributed by atoms with E-state index in [2.05, 4.69) is 35.3 Å². The standard InChI is InChI=1S/C20H33N3O.2ClH/c1-15-9-7-8-12-23(15)14-17-11-6-5-10-16(17)13-22-19(24)18(21)20(2,3)4;;/h5-6,10-11,15,18H,7-9,12-14,21H2,1-4H3,(H,22,24);2*1H/t15?,18-;;/m1../s1. The first-order valence-corrected chi connectivity index (χ1v) is 9.13. The first kappa shape index (κ1) is 25.2. The Morgan fingerprint density at radius 2 is 1.85 bits per heavy atom. The smallest absolute Gasteiger partial charge is 0.237 e. The zero-order valence-electron chi connectivity index (χ0n) is 16.5. The van der Waals surface area contributed by atoms with E-state index >= 15 is 0 Å². The topological polar surface area (TPSA) is 58.4 Å². The number of carbonyl (C=O) groups is 1. The third-order valence-corrected chi connectivity index (χ3v) is 5.10. The van der Waals surface area contributed by atoms with Crippen LogP contribution in [0.2, 0.25) is 0 Å². The molecular weight excluding hydrogens is 369 g/mol. The average molecular weight is 404 g/mol. The molecule has 1 aliphatic heterocycles. The number of nitrogens with one attached hydrogen (secondary N) is 1. The highest BCUT2D eigenvalue weighted by Crippen LogP contribution is 2.21. The second kappa shape index (κ2) is 11.1. The van der Waals surface area contributed by atoms with Gasteiger partial charge in [-0.15, -0.1) is 24.8 Å². The van der Waals surface area contributed by atoms with Crippen LogP contribution >= 0.6 is 24.8 Å². The fraction of sp³-hybridized carbons (Fsp3) is 0.650. The van der Waals surface area contributed by atoms with Crippen molar-refractivity contribution in [2.45, 2.75) is 72.1 Å². The van der Waals surface area contributed by atoms with E-state index in [-0.39, 0.29) is 36.1 Å². The van der Waals surface area contributed by atoms with Gasteiger partial charge in [-0.25, -0.2) is 0 Å². The molecule has 2 rings (SSSR count). The van der Waals surface area contributed by atoms with Crippen LogP contribution in [0.5, 0.6) is 0 Å². The Morgan fingerprint density at radius 3 is 2.42 bits per heavy atom. The predicted octanol–water partition coefficient (Wildman–Crippen LogP) is 3.89. The van der Waals surface area contributed by atoms with Gasteiger partial charge in [-0.2, -0.15) is 0 Å². The molecule has 1 fully saturated rings. The van der Waals surface area contributed by atoms with Crippen molar-refractivity contribution in [1.82, 2.24) is 10.2 Å². The molecule has 4 nitrogen and oxygen atoms in total. The molecule has 0 aliphatic carbocycles. The number of likely N-dealkylation sites (tertiary alicyclic amines) is 1. The lowest BCUT2D eigenvalue weighted by atomic mass is 9.87. The van der Waals surface area contributed by atoms with Gasteiger partial charge in [-0.05, 0) is 42.9 Å². The van der Waals surface area contributed by atoms with E-state index in [1.54, 1.807) is 0 Å². The molecule has 0 radical (unpaired) electrons. The number of amides is 1. The van der Waals surface area contributed by atoms with Gasteiger partial charge in [-0.3, -0.25) is 9.69 Å². The van der Waals surface area contributed by atoms with Crippen molar-refractivity contribution in [3.8, 4) is 0 Å². The SMILES string of the molecule is CC1CCCCN1Cc1ccccc1CNC(=O)[C@@H](N)C(C)(C)C.Cl.Cl. The Labute approximate surface area is 171 Å². The summed E-state index contributed by atoms with van der Waals surface area (Å²) in [5, 5.41) is 3.01. The molecule has 150 valence electrons. The van der Waals surface area contributed by atoms with Gasteiger partial charge in [-0.1, -0.05) is 51.5 Å². The molecule has 1 heterocycles. The number of rotatable bonds is 5. The molecule has 26 heavy (non-hydrogen) atoms. The molecule has 0 saturated carbocycles. The van der Waals surface area contributed by atoms with Crippen LogP contribution in [0.3, 0.4) is 0 Å². The third-order valence-electron chi connectivity index (χ3n) is 5.10. The minimum absolute atomic E-state index is 0. The minimum Gasteiger partial charge on any atom is -0.351 e. The van der Waals surface area contributed by atoms with Gasteiger partial charge in [0.2, 0.25) is 5.91 Å². The number of carbonyl (C=O) groups excluding carboxylic acids is 1. The quantitative estimate of drug-likeness (QED) is 0.783. The maximum Gasteiger partial charge on any atom is 0.237 e. The molecule has 1 aromatic carbocycles. The number of nitrogens with two attached hydrogens (primary N) is 1. The highest BCUT2D eigenvalue weighted by molar-refractivity contribution is 5.85. The number of nitrogens with zero attached hydrogens (tertiary/aromatic N) is 1. The summed E-state index contributed by atoms with van der Waals surface area (Å²) in [7, 11) is 0.